The molecule has 2 saturated heterocycles. The number of amides is 2. The standard InChI is InChI=1S/C17H24N2O3/c20-16(19-8-12-22-13-9-19)18-17(6-10-21-11-7-17)14-15-4-2-1-3-5-15/h1-5H,6-14H2,(H,18,20). The van der Waals surface area contributed by atoms with Crippen molar-refractivity contribution in [3.05, 3.63) is 35.9 Å². The molecule has 5 heteroatoms. The van der Waals surface area contributed by atoms with Crippen LogP contribution in [-0.4, -0.2) is 56.0 Å². The van der Waals surface area contributed by atoms with E-state index in [4.69, 9.17) is 9.47 Å². The molecule has 1 N–H and O–H groups in total. The number of urea groups is 1. The summed E-state index contributed by atoms with van der Waals surface area (Å²) in [5.74, 6) is 0. The molecule has 2 aliphatic rings. The van der Waals surface area contributed by atoms with E-state index in [1.54, 1.807) is 0 Å². The van der Waals surface area contributed by atoms with E-state index in [2.05, 4.69) is 17.4 Å². The van der Waals surface area contributed by atoms with Gasteiger partial charge in [0.25, 0.3) is 0 Å². The highest BCUT2D eigenvalue weighted by Crippen LogP contribution is 2.26. The fraction of sp³-hybridized carbons (Fsp3) is 0.588. The Morgan fingerprint density at radius 2 is 1.68 bits per heavy atom. The fourth-order valence-corrected chi connectivity index (χ4v) is 3.17. The van der Waals surface area contributed by atoms with Gasteiger partial charge in [-0.3, -0.25) is 0 Å². The Morgan fingerprint density at radius 1 is 1.05 bits per heavy atom. The number of carbonyl (C=O) groups excluding carboxylic acids is 1. The van der Waals surface area contributed by atoms with Crippen molar-refractivity contribution >= 4 is 6.03 Å². The van der Waals surface area contributed by atoms with E-state index < -0.39 is 0 Å². The lowest BCUT2D eigenvalue weighted by molar-refractivity contribution is 0.0295. The van der Waals surface area contributed by atoms with Crippen LogP contribution in [0.1, 0.15) is 18.4 Å². The molecule has 0 atom stereocenters. The van der Waals surface area contributed by atoms with Gasteiger partial charge in [0, 0.05) is 26.3 Å². The van der Waals surface area contributed by atoms with Crippen molar-refractivity contribution in [3.63, 3.8) is 0 Å². The van der Waals surface area contributed by atoms with Gasteiger partial charge in [0.1, 0.15) is 0 Å². The second kappa shape index (κ2) is 7.11. The molecule has 1 aromatic rings. The molecule has 0 aliphatic carbocycles. The molecule has 0 aromatic heterocycles. The van der Waals surface area contributed by atoms with Gasteiger partial charge in [0.2, 0.25) is 0 Å². The monoisotopic (exact) mass is 304 g/mol. The third-order valence-electron chi connectivity index (χ3n) is 4.51. The summed E-state index contributed by atoms with van der Waals surface area (Å²) in [6.45, 7) is 4.00. The Balaban J connectivity index is 1.69. The number of hydrogen-bond acceptors (Lipinski definition) is 3. The molecular formula is C17H24N2O3. The third kappa shape index (κ3) is 3.78. The average molecular weight is 304 g/mol. The second-order valence-electron chi connectivity index (χ2n) is 6.08. The first-order valence-electron chi connectivity index (χ1n) is 8.04. The third-order valence-corrected chi connectivity index (χ3v) is 4.51. The maximum absolute atomic E-state index is 12.6. The van der Waals surface area contributed by atoms with Crippen LogP contribution >= 0.6 is 0 Å². The zero-order chi connectivity index (χ0) is 15.3. The Hall–Kier alpha value is -1.59. The van der Waals surface area contributed by atoms with E-state index in [0.29, 0.717) is 39.5 Å². The molecule has 2 fully saturated rings. The van der Waals surface area contributed by atoms with Crippen molar-refractivity contribution in [2.24, 2.45) is 0 Å². The summed E-state index contributed by atoms with van der Waals surface area (Å²) in [7, 11) is 0. The van der Waals surface area contributed by atoms with Crippen LogP contribution < -0.4 is 5.32 Å². The van der Waals surface area contributed by atoms with Gasteiger partial charge in [-0.05, 0) is 24.8 Å². The summed E-state index contributed by atoms with van der Waals surface area (Å²) in [6.07, 6.45) is 2.57. The molecule has 2 aliphatic heterocycles. The number of nitrogens with one attached hydrogen (secondary N) is 1. The first kappa shape index (κ1) is 15.3. The van der Waals surface area contributed by atoms with Gasteiger partial charge in [-0.25, -0.2) is 4.79 Å². The zero-order valence-corrected chi connectivity index (χ0v) is 12.9. The van der Waals surface area contributed by atoms with Gasteiger partial charge in [-0.15, -0.1) is 0 Å². The molecule has 0 radical (unpaired) electrons. The zero-order valence-electron chi connectivity index (χ0n) is 12.9. The normalized spacial score (nSPS) is 21.4. The minimum atomic E-state index is -0.199. The number of carbonyl (C=O) groups is 1. The second-order valence-corrected chi connectivity index (χ2v) is 6.08. The summed E-state index contributed by atoms with van der Waals surface area (Å²) in [5.41, 5.74) is 1.06. The smallest absolute Gasteiger partial charge is 0.317 e. The number of morpholine rings is 1. The first-order valence-corrected chi connectivity index (χ1v) is 8.04. The number of benzene rings is 1. The van der Waals surface area contributed by atoms with Crippen molar-refractivity contribution in [2.75, 3.05) is 39.5 Å². The van der Waals surface area contributed by atoms with Crippen molar-refractivity contribution in [1.82, 2.24) is 10.2 Å². The number of hydrogen-bond donors (Lipinski definition) is 1. The Morgan fingerprint density at radius 3 is 2.36 bits per heavy atom. The van der Waals surface area contributed by atoms with Crippen LogP contribution in [0.5, 0.6) is 0 Å². The highest BCUT2D eigenvalue weighted by molar-refractivity contribution is 5.75. The number of ether oxygens (including phenoxy) is 2. The maximum atomic E-state index is 12.6. The summed E-state index contributed by atoms with van der Waals surface area (Å²) in [4.78, 5) is 14.4. The molecular weight excluding hydrogens is 280 g/mol. The van der Waals surface area contributed by atoms with Crippen molar-refractivity contribution in [2.45, 2.75) is 24.8 Å². The molecule has 120 valence electrons. The molecule has 3 rings (SSSR count). The molecule has 0 spiro atoms. The average Bonchev–Trinajstić information content (AvgIpc) is 2.57. The van der Waals surface area contributed by atoms with Crippen LogP contribution in [0.2, 0.25) is 0 Å². The maximum Gasteiger partial charge on any atom is 0.317 e. The van der Waals surface area contributed by atoms with Gasteiger partial charge in [-0.2, -0.15) is 0 Å². The lowest BCUT2D eigenvalue weighted by Gasteiger charge is -2.40. The molecule has 1 aromatic carbocycles. The van der Waals surface area contributed by atoms with Gasteiger partial charge < -0.3 is 19.7 Å². The highest BCUT2D eigenvalue weighted by Gasteiger charge is 2.35. The Bertz CT molecular complexity index is 480. The van der Waals surface area contributed by atoms with Crippen LogP contribution in [-0.2, 0) is 15.9 Å². The number of rotatable bonds is 3. The van der Waals surface area contributed by atoms with Gasteiger partial charge >= 0.3 is 6.03 Å². The predicted octanol–water partition coefficient (Wildman–Crippen LogP) is 1.82. The van der Waals surface area contributed by atoms with Crippen molar-refractivity contribution < 1.29 is 14.3 Å². The summed E-state index contributed by atoms with van der Waals surface area (Å²) < 4.78 is 10.8. The topological polar surface area (TPSA) is 50.8 Å². The van der Waals surface area contributed by atoms with Crippen LogP contribution in [0.25, 0.3) is 0 Å². The van der Waals surface area contributed by atoms with Crippen LogP contribution in [0, 0.1) is 0 Å². The predicted molar refractivity (Wildman–Crippen MR) is 83.9 cm³/mol. The molecule has 0 saturated carbocycles. The molecule has 5 nitrogen and oxygen atoms in total. The van der Waals surface area contributed by atoms with E-state index in [-0.39, 0.29) is 11.6 Å². The summed E-state index contributed by atoms with van der Waals surface area (Å²) in [5, 5.41) is 3.30. The first-order chi connectivity index (χ1) is 10.8. The van der Waals surface area contributed by atoms with E-state index in [0.717, 1.165) is 19.3 Å². The van der Waals surface area contributed by atoms with E-state index in [1.165, 1.54) is 5.56 Å². The van der Waals surface area contributed by atoms with Crippen LogP contribution in [0.15, 0.2) is 30.3 Å². The summed E-state index contributed by atoms with van der Waals surface area (Å²) in [6, 6.07) is 10.4. The fourth-order valence-electron chi connectivity index (χ4n) is 3.17. The Kier molecular flexibility index (Phi) is 4.95. The SMILES string of the molecule is O=C(NC1(Cc2ccccc2)CCOCC1)N1CCOCC1. The summed E-state index contributed by atoms with van der Waals surface area (Å²) >= 11 is 0. The van der Waals surface area contributed by atoms with E-state index >= 15 is 0 Å². The van der Waals surface area contributed by atoms with Crippen LogP contribution in [0.3, 0.4) is 0 Å². The highest BCUT2D eigenvalue weighted by atomic mass is 16.5. The minimum Gasteiger partial charge on any atom is -0.381 e. The van der Waals surface area contributed by atoms with E-state index in [9.17, 15) is 4.79 Å². The Labute approximate surface area is 131 Å². The molecule has 2 heterocycles. The van der Waals surface area contributed by atoms with E-state index in [1.807, 2.05) is 23.1 Å². The minimum absolute atomic E-state index is 0.0288. The van der Waals surface area contributed by atoms with Crippen molar-refractivity contribution in [3.8, 4) is 0 Å². The van der Waals surface area contributed by atoms with Crippen LogP contribution in [0.4, 0.5) is 4.79 Å². The quantitative estimate of drug-likeness (QED) is 0.927. The van der Waals surface area contributed by atoms with Gasteiger partial charge in [0.15, 0.2) is 0 Å². The van der Waals surface area contributed by atoms with Crippen molar-refractivity contribution in [1.29, 1.82) is 0 Å². The molecule has 0 bridgehead atoms. The lowest BCUT2D eigenvalue weighted by Crippen LogP contribution is -2.58. The number of nitrogens with zero attached hydrogens (tertiary/aromatic N) is 1. The lowest BCUT2D eigenvalue weighted by atomic mass is 9.83. The molecule has 0 unspecified atom stereocenters. The molecule has 2 amide bonds. The van der Waals surface area contributed by atoms with Gasteiger partial charge in [0.05, 0.1) is 18.8 Å². The largest absolute Gasteiger partial charge is 0.381 e. The van der Waals surface area contributed by atoms with Gasteiger partial charge in [-0.1, -0.05) is 30.3 Å². The molecule has 22 heavy (non-hydrogen) atoms.